The molecule has 5 nitrogen and oxygen atoms in total. The third-order valence-corrected chi connectivity index (χ3v) is 4.75. The predicted octanol–water partition coefficient (Wildman–Crippen LogP) is 4.46. The number of amides is 2. The molecule has 3 aromatic rings. The van der Waals surface area contributed by atoms with E-state index in [4.69, 9.17) is 4.74 Å². The first-order valence-corrected chi connectivity index (χ1v) is 10.1. The molecule has 0 radical (unpaired) electrons. The van der Waals surface area contributed by atoms with E-state index in [1.54, 1.807) is 0 Å². The molecule has 2 amide bonds. The number of rotatable bonds is 8. The number of ether oxygens (including phenoxy) is 1. The van der Waals surface area contributed by atoms with Crippen LogP contribution < -0.4 is 15.6 Å². The summed E-state index contributed by atoms with van der Waals surface area (Å²) in [5.74, 6) is -0.356. The molecule has 0 saturated heterocycles. The van der Waals surface area contributed by atoms with E-state index < -0.39 is 5.91 Å². The molecule has 3 aromatic carbocycles. The zero-order valence-electron chi connectivity index (χ0n) is 17.0. The van der Waals surface area contributed by atoms with Gasteiger partial charge in [-0.1, -0.05) is 92.2 Å². The van der Waals surface area contributed by atoms with Crippen molar-refractivity contribution in [2.45, 2.75) is 25.7 Å². The van der Waals surface area contributed by atoms with E-state index in [9.17, 15) is 9.59 Å². The summed E-state index contributed by atoms with van der Waals surface area (Å²) in [6.45, 7) is 1.83. The molecule has 0 saturated carbocycles. The minimum atomic E-state index is -0.422. The molecule has 1 unspecified atom stereocenters. The molecule has 0 aliphatic carbocycles. The third-order valence-electron chi connectivity index (χ3n) is 4.75. The van der Waals surface area contributed by atoms with Crippen LogP contribution in [0.4, 0.5) is 0 Å². The number of carbonyl (C=O) groups is 2. The summed E-state index contributed by atoms with van der Waals surface area (Å²) >= 11 is 0. The summed E-state index contributed by atoms with van der Waals surface area (Å²) in [7, 11) is 0. The van der Waals surface area contributed by atoms with Gasteiger partial charge in [0.2, 0.25) is 5.91 Å². The van der Waals surface area contributed by atoms with Crippen LogP contribution in [0.25, 0.3) is 11.1 Å². The number of hydrogen-bond donors (Lipinski definition) is 2. The highest BCUT2D eigenvalue weighted by molar-refractivity contribution is 5.87. The molecule has 154 valence electrons. The molecule has 2 N–H and O–H groups in total. The Balaban J connectivity index is 1.56. The molecule has 0 heterocycles. The van der Waals surface area contributed by atoms with E-state index in [2.05, 4.69) is 10.9 Å². The van der Waals surface area contributed by atoms with Crippen LogP contribution in [0.15, 0.2) is 84.9 Å². The molecular weight excluding hydrogens is 376 g/mol. The first-order valence-electron chi connectivity index (χ1n) is 10.1. The van der Waals surface area contributed by atoms with Gasteiger partial charge in [-0.3, -0.25) is 20.4 Å². The van der Waals surface area contributed by atoms with Gasteiger partial charge in [-0.25, -0.2) is 0 Å². The topological polar surface area (TPSA) is 67.4 Å². The summed E-state index contributed by atoms with van der Waals surface area (Å²) in [5, 5.41) is 0. The van der Waals surface area contributed by atoms with Gasteiger partial charge in [-0.2, -0.15) is 0 Å². The lowest BCUT2D eigenvalue weighted by molar-refractivity contribution is -0.130. The van der Waals surface area contributed by atoms with Crippen molar-refractivity contribution in [2.24, 2.45) is 0 Å². The Hall–Kier alpha value is -3.60. The Morgan fingerprint density at radius 1 is 0.833 bits per heavy atom. The average molecular weight is 402 g/mol. The summed E-state index contributed by atoms with van der Waals surface area (Å²) in [4.78, 5) is 24.8. The quantitative estimate of drug-likeness (QED) is 0.547. The summed E-state index contributed by atoms with van der Waals surface area (Å²) < 4.78 is 5.71. The maximum Gasteiger partial charge on any atom is 0.276 e. The molecular formula is C25H26N2O3. The second-order valence-corrected chi connectivity index (χ2v) is 6.94. The van der Waals surface area contributed by atoms with Crippen molar-refractivity contribution in [1.82, 2.24) is 10.9 Å². The van der Waals surface area contributed by atoms with Gasteiger partial charge in [-0.15, -0.1) is 0 Å². The van der Waals surface area contributed by atoms with Gasteiger partial charge in [0.1, 0.15) is 5.75 Å². The Kier molecular flexibility index (Phi) is 7.61. The number of nitrogens with one attached hydrogen (secondary N) is 2. The van der Waals surface area contributed by atoms with Crippen molar-refractivity contribution >= 4 is 11.8 Å². The third kappa shape index (κ3) is 5.70. The number of carbonyl (C=O) groups excluding carboxylic acids is 2. The molecule has 0 bridgehead atoms. The molecule has 0 spiro atoms. The fourth-order valence-corrected chi connectivity index (χ4v) is 3.27. The molecule has 5 heteroatoms. The Bertz CT molecular complexity index is 958. The molecule has 0 fully saturated rings. The van der Waals surface area contributed by atoms with Crippen molar-refractivity contribution in [3.05, 3.63) is 90.5 Å². The lowest BCUT2D eigenvalue weighted by atomic mass is 9.94. The maximum absolute atomic E-state index is 12.6. The van der Waals surface area contributed by atoms with E-state index in [1.807, 2.05) is 91.9 Å². The SMILES string of the molecule is CCCC(C(=O)NNC(=O)COc1ccccc1-c1ccccc1)c1ccccc1. The van der Waals surface area contributed by atoms with Gasteiger partial charge in [0.15, 0.2) is 6.61 Å². The van der Waals surface area contributed by atoms with Gasteiger partial charge in [0.05, 0.1) is 5.92 Å². The van der Waals surface area contributed by atoms with E-state index in [-0.39, 0.29) is 18.4 Å². The zero-order valence-corrected chi connectivity index (χ0v) is 17.0. The van der Waals surface area contributed by atoms with Crippen LogP contribution in [0.1, 0.15) is 31.2 Å². The van der Waals surface area contributed by atoms with E-state index in [0.29, 0.717) is 12.2 Å². The van der Waals surface area contributed by atoms with Crippen LogP contribution in [0.2, 0.25) is 0 Å². The largest absolute Gasteiger partial charge is 0.483 e. The Morgan fingerprint density at radius 2 is 1.47 bits per heavy atom. The Labute approximate surface area is 177 Å². The highest BCUT2D eigenvalue weighted by atomic mass is 16.5. The molecule has 3 rings (SSSR count). The summed E-state index contributed by atoms with van der Waals surface area (Å²) in [6, 6.07) is 26.9. The van der Waals surface area contributed by atoms with Crippen LogP contribution >= 0.6 is 0 Å². The van der Waals surface area contributed by atoms with Crippen molar-refractivity contribution in [1.29, 1.82) is 0 Å². The summed E-state index contributed by atoms with van der Waals surface area (Å²) in [6.07, 6.45) is 1.56. The average Bonchev–Trinajstić information content (AvgIpc) is 2.81. The second kappa shape index (κ2) is 10.8. The van der Waals surface area contributed by atoms with Gasteiger partial charge in [-0.05, 0) is 23.6 Å². The first-order chi connectivity index (χ1) is 14.7. The van der Waals surface area contributed by atoms with Crippen LogP contribution in [-0.4, -0.2) is 18.4 Å². The normalized spacial score (nSPS) is 11.4. The number of benzene rings is 3. The van der Waals surface area contributed by atoms with Crippen molar-refractivity contribution in [3.63, 3.8) is 0 Å². The van der Waals surface area contributed by atoms with E-state index in [0.717, 1.165) is 23.1 Å². The van der Waals surface area contributed by atoms with Crippen LogP contribution in [0.3, 0.4) is 0 Å². The lowest BCUT2D eigenvalue weighted by Gasteiger charge is -2.17. The summed E-state index contributed by atoms with van der Waals surface area (Å²) in [5.41, 5.74) is 7.83. The molecule has 30 heavy (non-hydrogen) atoms. The standard InChI is InChI=1S/C25H26N2O3/c1-2-11-22(20-14-7-4-8-15-20)25(29)27-26-24(28)18-30-23-17-10-9-16-21(23)19-12-5-3-6-13-19/h3-10,12-17,22H,2,11,18H2,1H3,(H,26,28)(H,27,29). The number of hydrogen-bond acceptors (Lipinski definition) is 3. The number of para-hydroxylation sites is 1. The van der Waals surface area contributed by atoms with E-state index >= 15 is 0 Å². The maximum atomic E-state index is 12.6. The Morgan fingerprint density at radius 3 is 2.17 bits per heavy atom. The molecule has 0 aliphatic rings. The number of hydrazine groups is 1. The zero-order chi connectivity index (χ0) is 21.2. The molecule has 1 atom stereocenters. The molecule has 0 aromatic heterocycles. The minimum absolute atomic E-state index is 0.200. The van der Waals surface area contributed by atoms with Gasteiger partial charge in [0, 0.05) is 5.56 Å². The van der Waals surface area contributed by atoms with Gasteiger partial charge >= 0.3 is 0 Å². The van der Waals surface area contributed by atoms with E-state index in [1.165, 1.54) is 0 Å². The lowest BCUT2D eigenvalue weighted by Crippen LogP contribution is -2.45. The highest BCUT2D eigenvalue weighted by Gasteiger charge is 2.20. The van der Waals surface area contributed by atoms with Crippen LogP contribution in [0, 0.1) is 0 Å². The fraction of sp³-hybridized carbons (Fsp3) is 0.200. The highest BCUT2D eigenvalue weighted by Crippen LogP contribution is 2.29. The van der Waals surface area contributed by atoms with Crippen LogP contribution in [-0.2, 0) is 9.59 Å². The van der Waals surface area contributed by atoms with Gasteiger partial charge in [0.25, 0.3) is 5.91 Å². The minimum Gasteiger partial charge on any atom is -0.483 e. The van der Waals surface area contributed by atoms with Crippen molar-refractivity contribution < 1.29 is 14.3 Å². The predicted molar refractivity (Wildman–Crippen MR) is 118 cm³/mol. The fourth-order valence-electron chi connectivity index (χ4n) is 3.27. The smallest absolute Gasteiger partial charge is 0.276 e. The van der Waals surface area contributed by atoms with Crippen molar-refractivity contribution in [3.8, 4) is 16.9 Å². The van der Waals surface area contributed by atoms with Gasteiger partial charge < -0.3 is 4.74 Å². The van der Waals surface area contributed by atoms with Crippen molar-refractivity contribution in [2.75, 3.05) is 6.61 Å². The van der Waals surface area contributed by atoms with Crippen LogP contribution in [0.5, 0.6) is 5.75 Å². The first kappa shape index (κ1) is 21.1. The second-order valence-electron chi connectivity index (χ2n) is 6.94. The monoisotopic (exact) mass is 402 g/mol. The molecule has 0 aliphatic heterocycles.